The molecule has 0 bridgehead atoms. The minimum atomic E-state index is -1.87. The maximum Gasteiger partial charge on any atom is 0.325 e. The summed E-state index contributed by atoms with van der Waals surface area (Å²) in [4.78, 5) is 216. The van der Waals surface area contributed by atoms with Crippen molar-refractivity contribution in [1.29, 1.82) is 0 Å². The Kier molecular flexibility index (Phi) is 37.7. The number of aliphatic hydroxyl groups is 1. The summed E-state index contributed by atoms with van der Waals surface area (Å²) < 4.78 is 5.56. The van der Waals surface area contributed by atoms with Crippen molar-refractivity contribution in [2.75, 3.05) is 45.9 Å². The lowest BCUT2D eigenvalue weighted by Crippen LogP contribution is -2.63. The lowest BCUT2D eigenvalue weighted by Gasteiger charge is -2.31. The van der Waals surface area contributed by atoms with Gasteiger partial charge in [-0.3, -0.25) is 71.9 Å². The van der Waals surface area contributed by atoms with Gasteiger partial charge in [0.15, 0.2) is 0 Å². The highest BCUT2D eigenvalue weighted by Gasteiger charge is 2.40. The Hall–Kier alpha value is -11.6. The zero-order valence-electron chi connectivity index (χ0n) is 64.7. The summed E-state index contributed by atoms with van der Waals surface area (Å²) in [7, 11) is 0. The lowest BCUT2D eigenvalue weighted by atomic mass is 9.96. The number of benzene rings is 3. The number of carbonyl (C=O) groups excluding carboxylic acids is 15. The Morgan fingerprint density at radius 1 is 0.535 bits per heavy atom. The van der Waals surface area contributed by atoms with Crippen molar-refractivity contribution in [3.05, 3.63) is 102 Å². The lowest BCUT2D eigenvalue weighted by molar-refractivity contribution is -0.153. The highest BCUT2D eigenvalue weighted by atomic mass is 16.5. The molecule has 3 aromatic carbocycles. The van der Waals surface area contributed by atoms with Crippen LogP contribution in [0.15, 0.2) is 85.2 Å². The average Bonchev–Trinajstić information content (AvgIpc) is 1.56. The van der Waals surface area contributed by atoms with E-state index in [-0.39, 0.29) is 96.0 Å². The van der Waals surface area contributed by atoms with Gasteiger partial charge in [0.1, 0.15) is 78.8 Å². The first-order chi connectivity index (χ1) is 54.6. The summed E-state index contributed by atoms with van der Waals surface area (Å²) in [5.41, 5.74) is 26.0. The van der Waals surface area contributed by atoms with Gasteiger partial charge in [-0.05, 0) is 118 Å². The summed E-state index contributed by atoms with van der Waals surface area (Å²) >= 11 is 0. The van der Waals surface area contributed by atoms with E-state index in [0.29, 0.717) is 44.9 Å². The van der Waals surface area contributed by atoms with E-state index in [1.165, 1.54) is 31.2 Å². The molecule has 37 nitrogen and oxygen atoms in total. The molecule has 14 amide bonds. The van der Waals surface area contributed by atoms with E-state index < -0.39 is 194 Å². The number of H-pyrrole nitrogens is 2. The Balaban J connectivity index is 1.22. The van der Waals surface area contributed by atoms with Gasteiger partial charge in [-0.25, -0.2) is 0 Å². The van der Waals surface area contributed by atoms with Crippen molar-refractivity contribution in [3.63, 3.8) is 0 Å². The van der Waals surface area contributed by atoms with Gasteiger partial charge in [-0.15, -0.1) is 0 Å². The van der Waals surface area contributed by atoms with Crippen molar-refractivity contribution in [1.82, 2.24) is 79.1 Å². The maximum absolute atomic E-state index is 15.0. The molecule has 6 rings (SSSR count). The third-order valence-electron chi connectivity index (χ3n) is 19.3. The topological polar surface area (TPSA) is 598 Å². The number of phenols is 1. The Bertz CT molecular complexity index is 4110. The molecule has 1 saturated heterocycles. The second kappa shape index (κ2) is 47.1. The minimum Gasteiger partial charge on any atom is -0.508 e. The number of hydrogen-bond acceptors (Lipinski definition) is 21. The van der Waals surface area contributed by atoms with Crippen molar-refractivity contribution in [3.8, 4) is 5.75 Å². The number of nitrogens with one attached hydrogen (secondary N) is 15. The number of hydrogen-bond donors (Lipinski definition) is 21. The predicted octanol–water partition coefficient (Wildman–Crippen LogP) is -2.98. The van der Waals surface area contributed by atoms with Crippen molar-refractivity contribution in [2.45, 2.75) is 203 Å². The third kappa shape index (κ3) is 29.2. The normalized spacial score (nSPS) is 17.7. The van der Waals surface area contributed by atoms with Crippen LogP contribution in [0.3, 0.4) is 0 Å². The number of carbonyl (C=O) groups is 15. The second-order valence-electron chi connectivity index (χ2n) is 28.2. The van der Waals surface area contributed by atoms with Crippen LogP contribution in [0.25, 0.3) is 21.8 Å². The standard InChI is InChI=1S/C77H111N19O18/c1-5-7-8-9-10-25-62(100)88-60(42-97)75(111)91-56(33-45-26-28-48(98)29-27-45)72(108)93-57(34-46-37-82-51-20-13-11-18-49(46)51)73(109)90-55(24-17-32-80)71(107)89-53(22-15-30-78)68(104)86-40-64(102)87-54(23-16-31-79)70(106)92-58(35-47-38-83-52-21-14-12-19-50(47)52)74(110)96-67-44(4)114-65(103)41-84-63(101)39-85-69(105)59(36-61(81)99)94-76(112)66(43(3)6-2)95-77(67)113/h11-14,18-21,26-29,37-38,43-44,53-60,66-67,82-83,97-98H,5-10,15-17,22-25,30-36,39-42,78-80H2,1-4H3,(H2,81,99)(H,84,101)(H,85,105)(H,86,104)(H,87,102)(H,88,100)(H,89,107)(H,90,109)(H,91,111)(H,92,106)(H,93,108)(H,94,112)(H,95,113)(H,96,110)/t43-,44+,53-,54+,55+,56+,57+,58-,59-,60+,66-,67-/m0/s1. The molecule has 622 valence electrons. The number of fused-ring (bicyclic) bond motifs is 2. The number of para-hydroxylation sites is 2. The van der Waals surface area contributed by atoms with Gasteiger partial charge in [0.25, 0.3) is 0 Å². The summed E-state index contributed by atoms with van der Waals surface area (Å²) in [6.45, 7) is 3.51. The molecular weight excluding hydrogens is 1480 g/mol. The van der Waals surface area contributed by atoms with Gasteiger partial charge in [0.05, 0.1) is 26.1 Å². The van der Waals surface area contributed by atoms with E-state index >= 15 is 4.79 Å². The second-order valence-corrected chi connectivity index (χ2v) is 28.2. The van der Waals surface area contributed by atoms with Gasteiger partial charge in [-0.2, -0.15) is 0 Å². The number of aromatic amines is 2. The summed E-state index contributed by atoms with van der Waals surface area (Å²) in [5, 5.41) is 54.9. The Morgan fingerprint density at radius 3 is 1.56 bits per heavy atom. The van der Waals surface area contributed by atoms with E-state index in [1.54, 1.807) is 74.8 Å². The van der Waals surface area contributed by atoms with Crippen LogP contribution in [0.1, 0.15) is 134 Å². The number of aromatic nitrogens is 2. The Labute approximate surface area is 659 Å². The van der Waals surface area contributed by atoms with Gasteiger partial charge < -0.3 is 117 Å². The highest BCUT2D eigenvalue weighted by Crippen LogP contribution is 2.23. The largest absolute Gasteiger partial charge is 0.508 e. The van der Waals surface area contributed by atoms with E-state index in [1.807, 2.05) is 0 Å². The van der Waals surface area contributed by atoms with E-state index in [4.69, 9.17) is 27.7 Å². The molecule has 0 aliphatic carbocycles. The molecule has 1 aliphatic heterocycles. The molecule has 114 heavy (non-hydrogen) atoms. The quantitative estimate of drug-likeness (QED) is 0.0137. The first-order valence-electron chi connectivity index (χ1n) is 38.5. The first kappa shape index (κ1) is 91.3. The first-order valence-corrected chi connectivity index (χ1v) is 38.5. The van der Waals surface area contributed by atoms with E-state index in [9.17, 15) is 77.3 Å². The number of primary amides is 1. The third-order valence-corrected chi connectivity index (χ3v) is 19.3. The monoisotopic (exact) mass is 1590 g/mol. The molecule has 2 aromatic heterocycles. The molecule has 25 N–H and O–H groups in total. The number of nitrogens with two attached hydrogens (primary N) is 4. The number of cyclic esters (lactones) is 1. The summed E-state index contributed by atoms with van der Waals surface area (Å²) in [5.74, 6) is -14.8. The number of amides is 14. The molecule has 0 saturated carbocycles. The minimum absolute atomic E-state index is 0.00703. The highest BCUT2D eigenvalue weighted by molar-refractivity contribution is 6.01. The van der Waals surface area contributed by atoms with Crippen LogP contribution >= 0.6 is 0 Å². The van der Waals surface area contributed by atoms with Crippen molar-refractivity contribution < 1.29 is 86.9 Å². The van der Waals surface area contributed by atoms with Crippen LogP contribution in [0.2, 0.25) is 0 Å². The van der Waals surface area contributed by atoms with E-state index in [0.717, 1.165) is 25.7 Å². The fraction of sp³-hybridized carbons (Fsp3) is 0.519. The number of unbranched alkanes of at least 4 members (excludes halogenated alkanes) is 4. The van der Waals surface area contributed by atoms with E-state index in [2.05, 4.69) is 86.0 Å². The number of rotatable bonds is 43. The zero-order valence-corrected chi connectivity index (χ0v) is 64.7. The summed E-state index contributed by atoms with van der Waals surface area (Å²) in [6.07, 6.45) is 4.87. The van der Waals surface area contributed by atoms with Crippen LogP contribution < -0.4 is 92.1 Å². The molecule has 0 spiro atoms. The number of phenolic OH excluding ortho intramolecular Hbond substituents is 1. The fourth-order valence-electron chi connectivity index (χ4n) is 12.7. The van der Waals surface area contributed by atoms with Crippen LogP contribution in [-0.2, 0) is 95.9 Å². The smallest absolute Gasteiger partial charge is 0.325 e. The molecular formula is C77H111N19O18. The van der Waals surface area contributed by atoms with Gasteiger partial charge in [0.2, 0.25) is 82.7 Å². The van der Waals surface area contributed by atoms with Crippen LogP contribution in [-0.4, -0.2) is 221 Å². The number of aliphatic hydroxyl groups excluding tert-OH is 1. The Morgan fingerprint density at radius 2 is 1.03 bits per heavy atom. The van der Waals surface area contributed by atoms with Crippen LogP contribution in [0.5, 0.6) is 5.75 Å². The molecule has 1 aliphatic rings. The molecule has 12 atom stereocenters. The van der Waals surface area contributed by atoms with Gasteiger partial charge in [0, 0.05) is 59.9 Å². The maximum atomic E-state index is 15.0. The average molecular weight is 1590 g/mol. The van der Waals surface area contributed by atoms with Gasteiger partial charge in [-0.1, -0.05) is 101 Å². The number of ether oxygens (including phenoxy) is 1. The van der Waals surface area contributed by atoms with Gasteiger partial charge >= 0.3 is 5.97 Å². The van der Waals surface area contributed by atoms with Crippen molar-refractivity contribution in [2.24, 2.45) is 28.9 Å². The van der Waals surface area contributed by atoms with Crippen LogP contribution in [0, 0.1) is 5.92 Å². The van der Waals surface area contributed by atoms with Crippen molar-refractivity contribution >= 4 is 110 Å². The molecule has 37 heteroatoms. The SMILES string of the molecule is CCCCCCCC(=O)N[C@H](CO)C(=O)N[C@H](Cc1ccc(O)cc1)C(=O)N[C@H](Cc1c[nH]c2ccccc12)C(=O)N[C@H](CCCN)C(=O)N[C@@H](CCCN)C(=O)NCC(=O)N[C@H](CCCN)C(=O)N[C@@H](Cc1c[nH]c2ccccc12)C(=O)N[C@@H]1C(=O)N[C@@H]([C@@H](C)CC)C(=O)N[C@@H](CC(N)=O)C(=O)NCC(=O)NCC(=O)O[C@@H]1C. The summed E-state index contributed by atoms with van der Waals surface area (Å²) in [6, 6.07) is 4.50. The predicted molar refractivity (Wildman–Crippen MR) is 418 cm³/mol. The molecule has 5 aromatic rings. The van der Waals surface area contributed by atoms with Crippen LogP contribution in [0.4, 0.5) is 0 Å². The molecule has 3 heterocycles. The number of aromatic hydroxyl groups is 1. The number of esters is 1. The molecule has 1 fully saturated rings. The fourth-order valence-corrected chi connectivity index (χ4v) is 12.7. The molecule has 0 unspecified atom stereocenters. The molecule has 0 radical (unpaired) electrons. The zero-order chi connectivity index (χ0) is 83.4.